The lowest BCUT2D eigenvalue weighted by Gasteiger charge is -2.29. The van der Waals surface area contributed by atoms with E-state index in [0.29, 0.717) is 50.7 Å². The molecule has 26 heavy (non-hydrogen) atoms. The minimum absolute atomic E-state index is 0.0647. The summed E-state index contributed by atoms with van der Waals surface area (Å²) >= 11 is 0. The van der Waals surface area contributed by atoms with Gasteiger partial charge in [-0.1, -0.05) is 0 Å². The zero-order valence-corrected chi connectivity index (χ0v) is 15.3. The maximum absolute atomic E-state index is 12.2. The highest BCUT2D eigenvalue weighted by molar-refractivity contribution is 7.88. The highest BCUT2D eigenvalue weighted by Crippen LogP contribution is 2.19. The summed E-state index contributed by atoms with van der Waals surface area (Å²) in [4.78, 5) is 16.2. The van der Waals surface area contributed by atoms with E-state index in [-0.39, 0.29) is 11.8 Å². The number of sulfonamides is 1. The van der Waals surface area contributed by atoms with Gasteiger partial charge in [0.05, 0.1) is 11.8 Å². The maximum atomic E-state index is 12.2. The second-order valence-electron chi connectivity index (χ2n) is 6.22. The first-order valence-electron chi connectivity index (χ1n) is 8.39. The monoisotopic (exact) mass is 379 g/mol. The lowest BCUT2D eigenvalue weighted by molar-refractivity contribution is -0.126. The van der Waals surface area contributed by atoms with Crippen LogP contribution in [0.25, 0.3) is 11.5 Å². The molecule has 1 N–H and O–H groups in total. The molecule has 0 bridgehead atoms. The van der Waals surface area contributed by atoms with Crippen molar-refractivity contribution in [2.24, 2.45) is 5.92 Å². The van der Waals surface area contributed by atoms with E-state index in [2.05, 4.69) is 20.5 Å². The summed E-state index contributed by atoms with van der Waals surface area (Å²) in [7, 11) is -3.18. The third kappa shape index (κ3) is 4.64. The summed E-state index contributed by atoms with van der Waals surface area (Å²) < 4.78 is 30.0. The van der Waals surface area contributed by atoms with Gasteiger partial charge in [-0.15, -0.1) is 10.2 Å². The highest BCUT2D eigenvalue weighted by Gasteiger charge is 2.28. The van der Waals surface area contributed by atoms with Gasteiger partial charge in [-0.25, -0.2) is 12.7 Å². The van der Waals surface area contributed by atoms with Gasteiger partial charge in [0, 0.05) is 44.4 Å². The van der Waals surface area contributed by atoms with E-state index in [1.807, 2.05) is 6.07 Å². The lowest BCUT2D eigenvalue weighted by atomic mass is 9.97. The van der Waals surface area contributed by atoms with Crippen molar-refractivity contribution in [1.82, 2.24) is 24.8 Å². The second kappa shape index (κ2) is 7.92. The highest BCUT2D eigenvalue weighted by atomic mass is 32.2. The summed E-state index contributed by atoms with van der Waals surface area (Å²) in [5, 5.41) is 10.8. The van der Waals surface area contributed by atoms with Crippen LogP contribution < -0.4 is 5.32 Å². The smallest absolute Gasteiger partial charge is 0.249 e. The van der Waals surface area contributed by atoms with Crippen LogP contribution in [0.3, 0.4) is 0 Å². The number of hydrogen-bond acceptors (Lipinski definition) is 7. The number of nitrogens with zero attached hydrogens (tertiary/aromatic N) is 4. The van der Waals surface area contributed by atoms with Crippen LogP contribution in [0.2, 0.25) is 0 Å². The molecule has 9 nitrogen and oxygen atoms in total. The molecule has 0 aromatic carbocycles. The lowest BCUT2D eigenvalue weighted by Crippen LogP contribution is -2.42. The van der Waals surface area contributed by atoms with Gasteiger partial charge in [0.2, 0.25) is 27.7 Å². The first-order chi connectivity index (χ1) is 12.4. The third-order valence-electron chi connectivity index (χ3n) is 4.31. The summed E-state index contributed by atoms with van der Waals surface area (Å²) in [6, 6.07) is 3.61. The Bertz CT molecular complexity index is 845. The molecule has 3 rings (SSSR count). The van der Waals surface area contributed by atoms with E-state index in [1.54, 1.807) is 18.5 Å². The van der Waals surface area contributed by atoms with E-state index in [9.17, 15) is 13.2 Å². The Labute approximate surface area is 151 Å². The Kier molecular flexibility index (Phi) is 5.62. The molecule has 3 heterocycles. The van der Waals surface area contributed by atoms with E-state index < -0.39 is 10.0 Å². The summed E-state index contributed by atoms with van der Waals surface area (Å²) in [6.45, 7) is 1.16. The summed E-state index contributed by atoms with van der Waals surface area (Å²) in [5.41, 5.74) is 0.743. The number of piperidine rings is 1. The van der Waals surface area contributed by atoms with E-state index in [0.717, 1.165) is 5.56 Å². The largest absolute Gasteiger partial charge is 0.421 e. The Morgan fingerprint density at radius 2 is 2.12 bits per heavy atom. The van der Waals surface area contributed by atoms with E-state index >= 15 is 0 Å². The van der Waals surface area contributed by atoms with Crippen molar-refractivity contribution in [1.29, 1.82) is 0 Å². The average molecular weight is 379 g/mol. The number of pyridine rings is 1. The first-order valence-corrected chi connectivity index (χ1v) is 10.2. The topological polar surface area (TPSA) is 118 Å². The molecule has 1 aliphatic heterocycles. The zero-order valence-electron chi connectivity index (χ0n) is 14.5. The fourth-order valence-corrected chi connectivity index (χ4v) is 3.72. The molecule has 0 saturated carbocycles. The van der Waals surface area contributed by atoms with Gasteiger partial charge in [-0.3, -0.25) is 9.78 Å². The van der Waals surface area contributed by atoms with Crippen molar-refractivity contribution >= 4 is 15.9 Å². The molecular formula is C16H21N5O4S. The van der Waals surface area contributed by atoms with Crippen molar-refractivity contribution in [2.45, 2.75) is 19.3 Å². The molecular weight excluding hydrogens is 358 g/mol. The molecule has 2 aromatic heterocycles. The van der Waals surface area contributed by atoms with E-state index in [1.165, 1.54) is 10.6 Å². The predicted octanol–water partition coefficient (Wildman–Crippen LogP) is 0.462. The molecule has 10 heteroatoms. The fourth-order valence-electron chi connectivity index (χ4n) is 2.85. The quantitative estimate of drug-likeness (QED) is 0.774. The van der Waals surface area contributed by atoms with Crippen LogP contribution in [0, 0.1) is 5.92 Å². The second-order valence-corrected chi connectivity index (χ2v) is 8.20. The molecule has 1 amide bonds. The minimum atomic E-state index is -3.18. The number of amides is 1. The number of aromatic nitrogens is 3. The van der Waals surface area contributed by atoms with Gasteiger partial charge in [0.15, 0.2) is 0 Å². The number of carbonyl (C=O) groups excluding carboxylic acids is 1. The fraction of sp³-hybridized carbons (Fsp3) is 0.500. The van der Waals surface area contributed by atoms with Crippen molar-refractivity contribution < 1.29 is 17.6 Å². The van der Waals surface area contributed by atoms with E-state index in [4.69, 9.17) is 4.42 Å². The van der Waals surface area contributed by atoms with Crippen LogP contribution in [0.1, 0.15) is 18.7 Å². The van der Waals surface area contributed by atoms with Gasteiger partial charge in [-0.2, -0.15) is 0 Å². The molecule has 1 aliphatic rings. The molecule has 0 atom stereocenters. The molecule has 2 aromatic rings. The van der Waals surface area contributed by atoms with Crippen molar-refractivity contribution in [3.8, 4) is 11.5 Å². The van der Waals surface area contributed by atoms with Crippen LogP contribution in [0.15, 0.2) is 28.9 Å². The van der Waals surface area contributed by atoms with Gasteiger partial charge < -0.3 is 9.73 Å². The standard InChI is InChI=1S/C16H21N5O4S/c1-26(23,24)21-9-5-12(6-10-21)15(22)18-8-4-14-19-20-16(25-14)13-3-2-7-17-11-13/h2-3,7,11-12H,4-6,8-10H2,1H3,(H,18,22). The Morgan fingerprint density at radius 1 is 1.35 bits per heavy atom. The Balaban J connectivity index is 1.44. The Hall–Kier alpha value is -2.33. The molecule has 1 fully saturated rings. The average Bonchev–Trinajstić information content (AvgIpc) is 3.11. The molecule has 0 unspecified atom stereocenters. The first kappa shape index (κ1) is 18.5. The molecule has 1 saturated heterocycles. The predicted molar refractivity (Wildman–Crippen MR) is 93.4 cm³/mol. The minimum Gasteiger partial charge on any atom is -0.421 e. The summed E-state index contributed by atoms with van der Waals surface area (Å²) in [6.07, 6.45) is 5.99. The molecule has 0 spiro atoms. The Morgan fingerprint density at radius 3 is 2.77 bits per heavy atom. The SMILES string of the molecule is CS(=O)(=O)N1CCC(C(=O)NCCc2nnc(-c3cccnc3)o2)CC1. The van der Waals surface area contributed by atoms with Gasteiger partial charge in [0.25, 0.3) is 0 Å². The van der Waals surface area contributed by atoms with Crippen LogP contribution in [0.4, 0.5) is 0 Å². The zero-order chi connectivity index (χ0) is 18.6. The number of rotatable bonds is 6. The number of nitrogens with one attached hydrogen (secondary N) is 1. The molecule has 0 radical (unpaired) electrons. The summed E-state index contributed by atoms with van der Waals surface area (Å²) in [5.74, 6) is 0.607. The van der Waals surface area contributed by atoms with Crippen LogP contribution in [0.5, 0.6) is 0 Å². The van der Waals surface area contributed by atoms with Crippen LogP contribution in [-0.2, 0) is 21.2 Å². The van der Waals surface area contributed by atoms with Crippen molar-refractivity contribution in [2.75, 3.05) is 25.9 Å². The van der Waals surface area contributed by atoms with Crippen LogP contribution in [-0.4, -0.2) is 59.7 Å². The van der Waals surface area contributed by atoms with Gasteiger partial charge in [0.1, 0.15) is 0 Å². The van der Waals surface area contributed by atoms with Crippen molar-refractivity contribution in [3.63, 3.8) is 0 Å². The van der Waals surface area contributed by atoms with Gasteiger partial charge in [-0.05, 0) is 25.0 Å². The number of carbonyl (C=O) groups is 1. The van der Waals surface area contributed by atoms with Crippen LogP contribution >= 0.6 is 0 Å². The third-order valence-corrected chi connectivity index (χ3v) is 5.61. The maximum Gasteiger partial charge on any atom is 0.249 e. The number of hydrogen-bond donors (Lipinski definition) is 1. The molecule has 140 valence electrons. The van der Waals surface area contributed by atoms with Crippen molar-refractivity contribution in [3.05, 3.63) is 30.4 Å². The molecule has 0 aliphatic carbocycles. The van der Waals surface area contributed by atoms with Gasteiger partial charge >= 0.3 is 0 Å². The normalized spacial score (nSPS) is 16.5.